The second-order valence-corrected chi connectivity index (χ2v) is 6.58. The molecular weight excluding hydrogens is 324 g/mol. The van der Waals surface area contributed by atoms with E-state index in [1.807, 2.05) is 4.90 Å². The minimum Gasteiger partial charge on any atom is -0.397 e. The van der Waals surface area contributed by atoms with Gasteiger partial charge in [0.15, 0.2) is 0 Å². The molecule has 3 rings (SSSR count). The van der Waals surface area contributed by atoms with Crippen molar-refractivity contribution >= 4 is 39.0 Å². The fourth-order valence-corrected chi connectivity index (χ4v) is 3.76. The number of halogens is 2. The van der Waals surface area contributed by atoms with E-state index in [9.17, 15) is 13.6 Å². The number of anilines is 2. The monoisotopic (exact) mass is 341 g/mol. The predicted molar refractivity (Wildman–Crippen MR) is 86.9 cm³/mol. The van der Waals surface area contributed by atoms with E-state index in [1.54, 1.807) is 0 Å². The highest BCUT2D eigenvalue weighted by atomic mass is 32.1. The lowest BCUT2D eigenvalue weighted by Crippen LogP contribution is -2.40. The van der Waals surface area contributed by atoms with Gasteiger partial charge in [-0.3, -0.25) is 4.79 Å². The maximum absolute atomic E-state index is 13.5. The Morgan fingerprint density at radius 3 is 2.61 bits per heavy atom. The van der Waals surface area contributed by atoms with Crippen molar-refractivity contribution < 1.29 is 13.6 Å². The number of fused-ring (bicyclic) bond motifs is 1. The molecule has 1 aliphatic heterocycles. The Kier molecular flexibility index (Phi) is 4.07. The third-order valence-corrected chi connectivity index (χ3v) is 5.15. The van der Waals surface area contributed by atoms with Crippen LogP contribution in [0.1, 0.15) is 34.5 Å². The van der Waals surface area contributed by atoms with E-state index in [1.165, 1.54) is 6.07 Å². The maximum atomic E-state index is 13.5. The van der Waals surface area contributed by atoms with Gasteiger partial charge in [-0.2, -0.15) is 0 Å². The molecule has 6 N–H and O–H groups in total. The first kappa shape index (κ1) is 15.9. The number of carbonyl (C=O) groups is 1. The number of nitrogen functional groups attached to an aromatic ring is 1. The molecule has 2 aromatic heterocycles. The van der Waals surface area contributed by atoms with E-state index < -0.39 is 12.3 Å². The lowest BCUT2D eigenvalue weighted by molar-refractivity contribution is 0.100. The van der Waals surface area contributed by atoms with E-state index in [0.29, 0.717) is 23.7 Å². The van der Waals surface area contributed by atoms with Crippen LogP contribution in [0, 0.1) is 0 Å². The van der Waals surface area contributed by atoms with Gasteiger partial charge < -0.3 is 22.1 Å². The van der Waals surface area contributed by atoms with Gasteiger partial charge in [-0.1, -0.05) is 0 Å². The SMILES string of the molecule is NC(=O)c1sc2nc(N3CCC(N)CC3)cc(C(F)F)c2c1N. The topological polar surface area (TPSA) is 111 Å². The largest absolute Gasteiger partial charge is 0.397 e. The molecule has 3 heterocycles. The van der Waals surface area contributed by atoms with Crippen LogP contribution in [0.3, 0.4) is 0 Å². The van der Waals surface area contributed by atoms with E-state index in [2.05, 4.69) is 4.98 Å². The molecule has 1 saturated heterocycles. The van der Waals surface area contributed by atoms with E-state index >= 15 is 0 Å². The Hall–Kier alpha value is -2.00. The number of amides is 1. The third kappa shape index (κ3) is 2.81. The number of rotatable bonds is 3. The van der Waals surface area contributed by atoms with Gasteiger partial charge in [0.05, 0.1) is 5.69 Å². The normalized spacial score (nSPS) is 16.4. The van der Waals surface area contributed by atoms with Crippen LogP contribution < -0.4 is 22.1 Å². The highest BCUT2D eigenvalue weighted by Gasteiger charge is 2.25. The van der Waals surface area contributed by atoms with Crippen LogP contribution >= 0.6 is 11.3 Å². The van der Waals surface area contributed by atoms with Crippen molar-refractivity contribution in [3.63, 3.8) is 0 Å². The van der Waals surface area contributed by atoms with Gasteiger partial charge in [-0.05, 0) is 18.9 Å². The van der Waals surface area contributed by atoms with E-state index in [0.717, 1.165) is 24.2 Å². The second kappa shape index (κ2) is 5.89. The first-order chi connectivity index (χ1) is 10.9. The first-order valence-electron chi connectivity index (χ1n) is 7.20. The molecule has 0 radical (unpaired) electrons. The summed E-state index contributed by atoms with van der Waals surface area (Å²) in [4.78, 5) is 18.1. The van der Waals surface area contributed by atoms with Gasteiger partial charge >= 0.3 is 0 Å². The zero-order chi connectivity index (χ0) is 16.7. The number of hydrogen-bond acceptors (Lipinski definition) is 6. The highest BCUT2D eigenvalue weighted by molar-refractivity contribution is 7.21. The summed E-state index contributed by atoms with van der Waals surface area (Å²) < 4.78 is 26.9. The van der Waals surface area contributed by atoms with Crippen LogP contribution in [0.25, 0.3) is 10.2 Å². The third-order valence-electron chi connectivity index (χ3n) is 4.04. The Morgan fingerprint density at radius 1 is 1.39 bits per heavy atom. The van der Waals surface area contributed by atoms with Crippen molar-refractivity contribution in [2.24, 2.45) is 11.5 Å². The zero-order valence-electron chi connectivity index (χ0n) is 12.3. The molecule has 124 valence electrons. The quantitative estimate of drug-likeness (QED) is 0.789. The maximum Gasteiger partial charge on any atom is 0.264 e. The van der Waals surface area contributed by atoms with Gasteiger partial charge in [-0.15, -0.1) is 11.3 Å². The second-order valence-electron chi connectivity index (χ2n) is 5.58. The molecule has 0 bridgehead atoms. The van der Waals surface area contributed by atoms with Gasteiger partial charge in [0.25, 0.3) is 12.3 Å². The summed E-state index contributed by atoms with van der Waals surface area (Å²) in [5, 5.41) is 0.122. The van der Waals surface area contributed by atoms with Crippen LogP contribution in [-0.2, 0) is 0 Å². The summed E-state index contributed by atoms with van der Waals surface area (Å²) in [6.45, 7) is 1.32. The molecule has 6 nitrogen and oxygen atoms in total. The first-order valence-corrected chi connectivity index (χ1v) is 8.01. The molecule has 0 aliphatic carbocycles. The molecule has 23 heavy (non-hydrogen) atoms. The average molecular weight is 341 g/mol. The summed E-state index contributed by atoms with van der Waals surface area (Å²) >= 11 is 0.947. The van der Waals surface area contributed by atoms with Gasteiger partial charge in [0.1, 0.15) is 15.5 Å². The molecule has 1 amide bonds. The smallest absolute Gasteiger partial charge is 0.264 e. The number of hydrogen-bond donors (Lipinski definition) is 3. The van der Waals surface area contributed by atoms with Crippen LogP contribution in [-0.4, -0.2) is 30.0 Å². The fourth-order valence-electron chi connectivity index (χ4n) is 2.78. The number of carbonyl (C=O) groups excluding carboxylic acids is 1. The summed E-state index contributed by atoms with van der Waals surface area (Å²) in [7, 11) is 0. The molecule has 0 saturated carbocycles. The lowest BCUT2D eigenvalue weighted by atomic mass is 10.1. The molecular formula is C14H17F2N5OS. The van der Waals surface area contributed by atoms with Gasteiger partial charge in [0.2, 0.25) is 0 Å². The predicted octanol–water partition coefficient (Wildman–Crippen LogP) is 1.84. The number of piperidine rings is 1. The number of pyridine rings is 1. The number of primary amides is 1. The van der Waals surface area contributed by atoms with Crippen molar-refractivity contribution in [2.75, 3.05) is 23.7 Å². The Labute approximate surface area is 135 Å². The number of nitrogens with zero attached hydrogens (tertiary/aromatic N) is 2. The average Bonchev–Trinajstić information content (AvgIpc) is 2.84. The molecule has 1 aliphatic rings. The Balaban J connectivity index is 2.13. The van der Waals surface area contributed by atoms with Crippen molar-refractivity contribution in [1.82, 2.24) is 4.98 Å². The van der Waals surface area contributed by atoms with E-state index in [4.69, 9.17) is 17.2 Å². The van der Waals surface area contributed by atoms with Crippen molar-refractivity contribution in [3.8, 4) is 0 Å². The van der Waals surface area contributed by atoms with Gasteiger partial charge in [0, 0.05) is 30.1 Å². The Morgan fingerprint density at radius 2 is 2.04 bits per heavy atom. The van der Waals surface area contributed by atoms with Crippen LogP contribution in [0.4, 0.5) is 20.3 Å². The van der Waals surface area contributed by atoms with Crippen molar-refractivity contribution in [1.29, 1.82) is 0 Å². The molecule has 9 heteroatoms. The van der Waals surface area contributed by atoms with Crippen LogP contribution in [0.15, 0.2) is 6.07 Å². The molecule has 0 unspecified atom stereocenters. The molecule has 1 fully saturated rings. The number of nitrogens with two attached hydrogens (primary N) is 3. The minimum absolute atomic E-state index is 0.0208. The van der Waals surface area contributed by atoms with Gasteiger partial charge in [-0.25, -0.2) is 13.8 Å². The molecule has 2 aromatic rings. The summed E-state index contributed by atoms with van der Waals surface area (Å²) in [5.74, 6) is -0.284. The number of aromatic nitrogens is 1. The number of thiophene rings is 1. The van der Waals surface area contributed by atoms with Crippen molar-refractivity contribution in [2.45, 2.75) is 25.3 Å². The molecule has 0 aromatic carbocycles. The molecule has 0 spiro atoms. The van der Waals surface area contributed by atoms with Crippen LogP contribution in [0.5, 0.6) is 0 Å². The Bertz CT molecular complexity index is 755. The van der Waals surface area contributed by atoms with Crippen molar-refractivity contribution in [3.05, 3.63) is 16.5 Å². The summed E-state index contributed by atoms with van der Waals surface area (Å²) in [6, 6.07) is 1.47. The standard InChI is InChI=1S/C14H17F2N5OS/c15-12(16)7-5-8(21-3-1-6(17)2-4-21)20-14-9(7)10(18)11(23-14)13(19)22/h5-6,12H,1-4,17-18H2,(H2,19,22). The number of alkyl halides is 2. The fraction of sp³-hybridized carbons (Fsp3) is 0.429. The summed E-state index contributed by atoms with van der Waals surface area (Å²) in [5.41, 5.74) is 16.7. The van der Waals surface area contributed by atoms with Crippen LogP contribution in [0.2, 0.25) is 0 Å². The molecule has 0 atom stereocenters. The lowest BCUT2D eigenvalue weighted by Gasteiger charge is -2.31. The van der Waals surface area contributed by atoms with E-state index in [-0.39, 0.29) is 27.6 Å². The zero-order valence-corrected chi connectivity index (χ0v) is 13.1. The minimum atomic E-state index is -2.72. The summed E-state index contributed by atoms with van der Waals surface area (Å²) in [6.07, 6.45) is -1.16. The highest BCUT2D eigenvalue weighted by Crippen LogP contribution is 2.40.